The standard InChI is InChI=1S/C22H26Cl2N2O3S/c1-2-29-13-6-11-25(22(28)21(23)24)15-19(27)26-12-9-18-17(10-14-30-18)20(26)16-7-4-3-5-8-16/h3-5,7-8,10,14,20-21H,2,6,9,11-13,15H2,1H3. The van der Waals surface area contributed by atoms with E-state index in [2.05, 4.69) is 11.4 Å². The molecule has 1 unspecified atom stereocenters. The van der Waals surface area contributed by atoms with Crippen LogP contribution in [0.1, 0.15) is 35.4 Å². The molecule has 5 nitrogen and oxygen atoms in total. The van der Waals surface area contributed by atoms with Gasteiger partial charge in [0.05, 0.1) is 12.6 Å². The Labute approximate surface area is 191 Å². The fraction of sp³-hybridized carbons (Fsp3) is 0.455. The van der Waals surface area contributed by atoms with Crippen LogP contribution in [-0.4, -0.2) is 59.3 Å². The van der Waals surface area contributed by atoms with E-state index in [9.17, 15) is 9.59 Å². The van der Waals surface area contributed by atoms with Gasteiger partial charge in [-0.3, -0.25) is 9.59 Å². The average molecular weight is 469 g/mol. The first-order valence-corrected chi connectivity index (χ1v) is 11.8. The van der Waals surface area contributed by atoms with Gasteiger partial charge in [0.2, 0.25) is 5.91 Å². The maximum absolute atomic E-state index is 13.4. The lowest BCUT2D eigenvalue weighted by Gasteiger charge is -2.37. The third-order valence-electron chi connectivity index (χ3n) is 5.15. The van der Waals surface area contributed by atoms with Crippen LogP contribution in [0.5, 0.6) is 0 Å². The van der Waals surface area contributed by atoms with Crippen LogP contribution in [0.15, 0.2) is 41.8 Å². The van der Waals surface area contributed by atoms with E-state index in [-0.39, 0.29) is 18.5 Å². The topological polar surface area (TPSA) is 49.9 Å². The monoisotopic (exact) mass is 468 g/mol. The molecular formula is C22H26Cl2N2O3S. The van der Waals surface area contributed by atoms with Gasteiger partial charge in [-0.05, 0) is 42.3 Å². The van der Waals surface area contributed by atoms with Crippen LogP contribution in [0.3, 0.4) is 0 Å². The maximum atomic E-state index is 13.4. The van der Waals surface area contributed by atoms with Crippen LogP contribution in [0.25, 0.3) is 0 Å². The van der Waals surface area contributed by atoms with E-state index in [0.717, 1.165) is 17.5 Å². The number of benzene rings is 1. The molecule has 0 spiro atoms. The highest BCUT2D eigenvalue weighted by Gasteiger charge is 2.34. The molecule has 1 aromatic carbocycles. The first-order valence-electron chi connectivity index (χ1n) is 10.1. The minimum atomic E-state index is -1.19. The van der Waals surface area contributed by atoms with Crippen LogP contribution in [0.2, 0.25) is 0 Å². The molecule has 2 heterocycles. The number of hydrogen-bond acceptors (Lipinski definition) is 4. The number of thiophene rings is 1. The normalized spacial score (nSPS) is 15.9. The number of amides is 2. The first-order chi connectivity index (χ1) is 14.5. The van der Waals surface area contributed by atoms with Gasteiger partial charge in [-0.1, -0.05) is 53.5 Å². The van der Waals surface area contributed by atoms with Gasteiger partial charge >= 0.3 is 0 Å². The zero-order valence-corrected chi connectivity index (χ0v) is 19.3. The second-order valence-electron chi connectivity index (χ2n) is 7.06. The zero-order chi connectivity index (χ0) is 21.5. The summed E-state index contributed by atoms with van der Waals surface area (Å²) in [6.07, 6.45) is 1.43. The molecule has 1 aliphatic heterocycles. The van der Waals surface area contributed by atoms with Gasteiger partial charge in [0.15, 0.2) is 4.84 Å². The summed E-state index contributed by atoms with van der Waals surface area (Å²) in [5, 5.41) is 2.07. The molecule has 2 amide bonds. The lowest BCUT2D eigenvalue weighted by atomic mass is 9.93. The fourth-order valence-corrected chi connectivity index (χ4v) is 4.92. The van der Waals surface area contributed by atoms with Crippen molar-refractivity contribution in [1.29, 1.82) is 0 Å². The van der Waals surface area contributed by atoms with Crippen molar-refractivity contribution >= 4 is 46.4 Å². The van der Waals surface area contributed by atoms with Crippen LogP contribution < -0.4 is 0 Å². The first kappa shape index (κ1) is 23.1. The molecule has 162 valence electrons. The molecule has 0 fully saturated rings. The number of alkyl halides is 2. The smallest absolute Gasteiger partial charge is 0.256 e. The highest BCUT2D eigenvalue weighted by atomic mass is 35.5. The lowest BCUT2D eigenvalue weighted by molar-refractivity contribution is -0.141. The maximum Gasteiger partial charge on any atom is 0.256 e. The number of hydrogen-bond donors (Lipinski definition) is 0. The number of rotatable bonds is 9. The largest absolute Gasteiger partial charge is 0.382 e. The molecule has 8 heteroatoms. The molecule has 0 saturated heterocycles. The van der Waals surface area contributed by atoms with E-state index in [1.54, 1.807) is 11.3 Å². The van der Waals surface area contributed by atoms with E-state index in [1.165, 1.54) is 9.78 Å². The van der Waals surface area contributed by atoms with Gasteiger partial charge in [-0.2, -0.15) is 0 Å². The summed E-state index contributed by atoms with van der Waals surface area (Å²) in [4.78, 5) is 29.3. The van der Waals surface area contributed by atoms with Crippen molar-refractivity contribution in [2.24, 2.45) is 0 Å². The molecule has 1 aliphatic rings. The third kappa shape index (κ3) is 5.55. The van der Waals surface area contributed by atoms with Crippen molar-refractivity contribution in [2.75, 3.05) is 32.8 Å². The predicted molar refractivity (Wildman–Crippen MR) is 121 cm³/mol. The fourth-order valence-electron chi connectivity index (χ4n) is 3.74. The Morgan fingerprint density at radius 1 is 1.27 bits per heavy atom. The highest BCUT2D eigenvalue weighted by Crippen LogP contribution is 2.37. The average Bonchev–Trinajstić information content (AvgIpc) is 3.24. The zero-order valence-electron chi connectivity index (χ0n) is 16.9. The number of ether oxygens (including phenoxy) is 1. The van der Waals surface area contributed by atoms with Crippen LogP contribution in [-0.2, 0) is 20.7 Å². The molecule has 0 saturated carbocycles. The second kappa shape index (κ2) is 11.1. The number of carbonyl (C=O) groups excluding carboxylic acids is 2. The summed E-state index contributed by atoms with van der Waals surface area (Å²) in [5.41, 5.74) is 2.22. The van der Waals surface area contributed by atoms with E-state index in [4.69, 9.17) is 27.9 Å². The van der Waals surface area contributed by atoms with Crippen molar-refractivity contribution in [2.45, 2.75) is 30.6 Å². The molecule has 0 N–H and O–H groups in total. The summed E-state index contributed by atoms with van der Waals surface area (Å²) in [5.74, 6) is -0.563. The van der Waals surface area contributed by atoms with E-state index in [0.29, 0.717) is 32.7 Å². The molecule has 1 aromatic heterocycles. The number of halogens is 2. The minimum Gasteiger partial charge on any atom is -0.382 e. The second-order valence-corrected chi connectivity index (χ2v) is 9.16. The molecule has 2 aromatic rings. The van der Waals surface area contributed by atoms with Gasteiger partial charge in [-0.25, -0.2) is 0 Å². The van der Waals surface area contributed by atoms with Gasteiger partial charge in [-0.15, -0.1) is 11.3 Å². The molecule has 0 bridgehead atoms. The Morgan fingerprint density at radius 2 is 2.03 bits per heavy atom. The summed E-state index contributed by atoms with van der Waals surface area (Å²) >= 11 is 13.4. The third-order valence-corrected chi connectivity index (χ3v) is 6.52. The Morgan fingerprint density at radius 3 is 2.73 bits per heavy atom. The van der Waals surface area contributed by atoms with Crippen molar-refractivity contribution in [3.63, 3.8) is 0 Å². The molecular weight excluding hydrogens is 443 g/mol. The molecule has 0 aliphatic carbocycles. The van der Waals surface area contributed by atoms with Gasteiger partial charge in [0.25, 0.3) is 5.91 Å². The predicted octanol–water partition coefficient (Wildman–Crippen LogP) is 4.28. The SMILES string of the molecule is CCOCCCN(CC(=O)N1CCc2sccc2C1c1ccccc1)C(=O)C(Cl)Cl. The van der Waals surface area contributed by atoms with Gasteiger partial charge in [0.1, 0.15) is 0 Å². The highest BCUT2D eigenvalue weighted by molar-refractivity contribution is 7.10. The van der Waals surface area contributed by atoms with Crippen molar-refractivity contribution in [1.82, 2.24) is 9.80 Å². The van der Waals surface area contributed by atoms with Crippen LogP contribution >= 0.6 is 34.5 Å². The van der Waals surface area contributed by atoms with E-state index < -0.39 is 10.7 Å². The van der Waals surface area contributed by atoms with Crippen LogP contribution in [0.4, 0.5) is 0 Å². The summed E-state index contributed by atoms with van der Waals surface area (Å²) in [6.45, 7) is 3.96. The minimum absolute atomic E-state index is 0.0519. The molecule has 30 heavy (non-hydrogen) atoms. The van der Waals surface area contributed by atoms with Crippen molar-refractivity contribution in [3.8, 4) is 0 Å². The molecule has 0 radical (unpaired) electrons. The van der Waals surface area contributed by atoms with Crippen molar-refractivity contribution in [3.05, 3.63) is 57.8 Å². The number of fused-ring (bicyclic) bond motifs is 1. The van der Waals surface area contributed by atoms with Gasteiger partial charge < -0.3 is 14.5 Å². The van der Waals surface area contributed by atoms with E-state index in [1.807, 2.05) is 42.2 Å². The summed E-state index contributed by atoms with van der Waals surface area (Å²) in [7, 11) is 0. The summed E-state index contributed by atoms with van der Waals surface area (Å²) in [6, 6.07) is 11.9. The summed E-state index contributed by atoms with van der Waals surface area (Å²) < 4.78 is 5.35. The lowest BCUT2D eigenvalue weighted by Crippen LogP contribution is -2.48. The Kier molecular flexibility index (Phi) is 8.57. The van der Waals surface area contributed by atoms with Gasteiger partial charge in [0, 0.05) is 31.2 Å². The Hall–Kier alpha value is -1.60. The molecule has 3 rings (SSSR count). The van der Waals surface area contributed by atoms with E-state index >= 15 is 0 Å². The number of carbonyl (C=O) groups is 2. The number of nitrogens with zero attached hydrogens (tertiary/aromatic N) is 2. The molecule has 1 atom stereocenters. The van der Waals surface area contributed by atoms with Crippen molar-refractivity contribution < 1.29 is 14.3 Å². The van der Waals surface area contributed by atoms with Crippen LogP contribution in [0, 0.1) is 0 Å². The Balaban J connectivity index is 1.79. The Bertz CT molecular complexity index is 844. The quantitative estimate of drug-likeness (QED) is 0.407.